The van der Waals surface area contributed by atoms with E-state index in [1.165, 1.54) is 5.57 Å². The van der Waals surface area contributed by atoms with Crippen molar-refractivity contribution in [2.24, 2.45) is 0 Å². The minimum absolute atomic E-state index is 0. The monoisotopic (exact) mass is 431 g/mol. The Morgan fingerprint density at radius 3 is 2.60 bits per heavy atom. The third-order valence-corrected chi connectivity index (χ3v) is 2.21. The summed E-state index contributed by atoms with van der Waals surface area (Å²) in [5, 5.41) is 19.0. The summed E-state index contributed by atoms with van der Waals surface area (Å²) in [7, 11) is 0. The van der Waals surface area contributed by atoms with E-state index < -0.39 is 12.2 Å². The summed E-state index contributed by atoms with van der Waals surface area (Å²) in [4.78, 5) is 0. The van der Waals surface area contributed by atoms with E-state index in [1.807, 2.05) is 26.0 Å². The van der Waals surface area contributed by atoms with E-state index in [0.717, 1.165) is 5.57 Å². The molecule has 1 saturated carbocycles. The molecule has 3 heteroatoms. The predicted octanol–water partition coefficient (Wildman–Crippen LogP) is 1.76. The van der Waals surface area contributed by atoms with Crippen molar-refractivity contribution in [2.75, 3.05) is 0 Å². The first-order chi connectivity index (χ1) is 6.50. The van der Waals surface area contributed by atoms with E-state index in [-0.39, 0.29) is 31.1 Å². The zero-order valence-corrected chi connectivity index (χ0v) is 13.4. The summed E-state index contributed by atoms with van der Waals surface area (Å²) in [6.45, 7) is 7.79. The van der Waals surface area contributed by atoms with E-state index in [2.05, 4.69) is 6.58 Å². The Bertz CT molecular complexity index is 288. The number of hydrogen-bond acceptors (Lipinski definition) is 2. The van der Waals surface area contributed by atoms with E-state index in [9.17, 15) is 10.2 Å². The molecule has 0 aromatic carbocycles. The second kappa shape index (κ2) is 6.60. The van der Waals surface area contributed by atoms with Gasteiger partial charge in [0.15, 0.2) is 0 Å². The third-order valence-electron chi connectivity index (χ3n) is 2.21. The van der Waals surface area contributed by atoms with Crippen molar-refractivity contribution in [2.45, 2.75) is 32.5 Å². The molecular formula is C12H17O2U-. The normalized spacial score (nSPS) is 28.0. The van der Waals surface area contributed by atoms with Crippen molar-refractivity contribution in [3.63, 3.8) is 0 Å². The molecule has 1 fully saturated rings. The minimum Gasteiger partial charge on any atom is -0.401 e. The van der Waals surface area contributed by atoms with Crippen molar-refractivity contribution >= 4 is 0 Å². The van der Waals surface area contributed by atoms with E-state index in [1.54, 1.807) is 6.42 Å². The number of aliphatic hydroxyl groups is 2. The van der Waals surface area contributed by atoms with Crippen LogP contribution in [0.25, 0.3) is 0 Å². The number of hydrogen-bond donors (Lipinski definition) is 2. The molecule has 0 aromatic rings. The summed E-state index contributed by atoms with van der Waals surface area (Å²) in [5.41, 5.74) is 2.69. The van der Waals surface area contributed by atoms with Gasteiger partial charge in [-0.3, -0.25) is 0 Å². The molecule has 82 valence electrons. The second-order valence-electron chi connectivity index (χ2n) is 3.88. The van der Waals surface area contributed by atoms with Crippen LogP contribution in [0.2, 0.25) is 0 Å². The van der Waals surface area contributed by atoms with Crippen LogP contribution >= 0.6 is 0 Å². The molecule has 2 atom stereocenters. The maximum Gasteiger partial charge on any atom is 0.0369 e. The number of allylic oxidation sites excluding steroid dienone is 3. The molecule has 0 amide bonds. The van der Waals surface area contributed by atoms with Crippen LogP contribution in [-0.4, -0.2) is 22.4 Å². The third kappa shape index (κ3) is 4.61. The van der Waals surface area contributed by atoms with Crippen LogP contribution in [0.4, 0.5) is 0 Å². The molecule has 0 heterocycles. The van der Waals surface area contributed by atoms with Gasteiger partial charge >= 0.3 is 0 Å². The van der Waals surface area contributed by atoms with Gasteiger partial charge in [-0.1, -0.05) is 5.57 Å². The average molecular weight is 431 g/mol. The zero-order chi connectivity index (χ0) is 10.7. The molecule has 0 unspecified atom stereocenters. The van der Waals surface area contributed by atoms with Gasteiger partial charge in [0.05, 0.1) is 0 Å². The van der Waals surface area contributed by atoms with Crippen LogP contribution in [0.1, 0.15) is 20.3 Å². The zero-order valence-electron chi connectivity index (χ0n) is 9.20. The Morgan fingerprint density at radius 1 is 1.47 bits per heavy atom. The average Bonchev–Trinajstić information content (AvgIpc) is 2.08. The molecule has 2 N–H and O–H groups in total. The van der Waals surface area contributed by atoms with Gasteiger partial charge in [-0.25, -0.2) is 0 Å². The molecule has 1 aliphatic carbocycles. The van der Waals surface area contributed by atoms with E-state index in [0.29, 0.717) is 12.0 Å². The molecule has 0 bridgehead atoms. The van der Waals surface area contributed by atoms with Gasteiger partial charge in [-0.05, 0) is 20.3 Å². The SMILES string of the molecule is C=C1/C(=C/C=C(C)C)[CH-][C@@H](O)C[C@@H]1O.[U]. The van der Waals surface area contributed by atoms with Gasteiger partial charge in [0.1, 0.15) is 0 Å². The van der Waals surface area contributed by atoms with Gasteiger partial charge in [0.2, 0.25) is 0 Å². The van der Waals surface area contributed by atoms with Gasteiger partial charge in [-0.15, -0.1) is 18.2 Å². The number of rotatable bonds is 1. The summed E-state index contributed by atoms with van der Waals surface area (Å²) in [6, 6.07) is 0. The van der Waals surface area contributed by atoms with Crippen molar-refractivity contribution in [1.82, 2.24) is 0 Å². The summed E-state index contributed by atoms with van der Waals surface area (Å²) in [6.07, 6.45) is 4.73. The molecule has 0 saturated heterocycles. The topological polar surface area (TPSA) is 40.5 Å². The van der Waals surface area contributed by atoms with Crippen LogP contribution in [-0.2, 0) is 0 Å². The molecule has 2 nitrogen and oxygen atoms in total. The standard InChI is InChI=1S/C12H17O2.U/c1-8(2)4-5-10-6-11(13)7-12(14)9(10)3;/h4-6,11-14H,3,7H2,1-2H3;/q-1;/b10-5+;/t11-,12+;/m1./s1. The number of aliphatic hydroxyl groups excluding tert-OH is 2. The Kier molecular flexibility index (Phi) is 6.63. The Labute approximate surface area is 115 Å². The summed E-state index contributed by atoms with van der Waals surface area (Å²) in [5.74, 6) is 0. The molecule has 0 aromatic heterocycles. The molecule has 1 rings (SSSR count). The first kappa shape index (κ1) is 15.1. The largest absolute Gasteiger partial charge is 0.401 e. The molecular weight excluding hydrogens is 414 g/mol. The van der Waals surface area contributed by atoms with Crippen LogP contribution in [0.3, 0.4) is 0 Å². The van der Waals surface area contributed by atoms with Gasteiger partial charge in [0.25, 0.3) is 0 Å². The van der Waals surface area contributed by atoms with Crippen LogP contribution < -0.4 is 0 Å². The van der Waals surface area contributed by atoms with Crippen molar-refractivity contribution in [1.29, 1.82) is 0 Å². The summed E-state index contributed by atoms with van der Waals surface area (Å²) < 4.78 is 0. The molecule has 15 heavy (non-hydrogen) atoms. The quantitative estimate of drug-likeness (QED) is 0.622. The minimum atomic E-state index is -0.619. The van der Waals surface area contributed by atoms with Crippen LogP contribution in [0.5, 0.6) is 0 Å². The van der Waals surface area contributed by atoms with Crippen LogP contribution in [0, 0.1) is 37.5 Å². The fraction of sp³-hybridized carbons (Fsp3) is 0.417. The Balaban J connectivity index is 0.00000196. The van der Waals surface area contributed by atoms with Gasteiger partial charge in [-0.2, -0.15) is 18.1 Å². The first-order valence-electron chi connectivity index (χ1n) is 4.76. The fourth-order valence-electron chi connectivity index (χ4n) is 1.36. The maximum atomic E-state index is 9.54. The molecule has 0 spiro atoms. The van der Waals surface area contributed by atoms with Crippen molar-refractivity contribution in [3.8, 4) is 0 Å². The Hall–Kier alpha value is 0.0619. The van der Waals surface area contributed by atoms with Crippen molar-refractivity contribution < 1.29 is 41.3 Å². The first-order valence-corrected chi connectivity index (χ1v) is 4.76. The van der Waals surface area contributed by atoms with E-state index in [4.69, 9.17) is 0 Å². The molecule has 0 aliphatic heterocycles. The Morgan fingerprint density at radius 2 is 2.07 bits per heavy atom. The van der Waals surface area contributed by atoms with Gasteiger partial charge in [0, 0.05) is 43.3 Å². The smallest absolute Gasteiger partial charge is 0.0369 e. The molecule has 0 radical (unpaired) electrons. The molecule has 1 aliphatic rings. The maximum absolute atomic E-state index is 9.54. The van der Waals surface area contributed by atoms with E-state index >= 15 is 0 Å². The second-order valence-corrected chi connectivity index (χ2v) is 3.88. The summed E-state index contributed by atoms with van der Waals surface area (Å²) >= 11 is 0. The van der Waals surface area contributed by atoms with Crippen LogP contribution in [0.15, 0.2) is 35.5 Å². The predicted molar refractivity (Wildman–Crippen MR) is 57.6 cm³/mol. The van der Waals surface area contributed by atoms with Gasteiger partial charge < -0.3 is 10.2 Å². The van der Waals surface area contributed by atoms with Crippen molar-refractivity contribution in [3.05, 3.63) is 41.9 Å². The fourth-order valence-corrected chi connectivity index (χ4v) is 1.36.